The Morgan fingerprint density at radius 1 is 0.763 bits per heavy atom. The van der Waals surface area contributed by atoms with Crippen molar-refractivity contribution in [2.45, 2.75) is 31.0 Å². The van der Waals surface area contributed by atoms with Crippen LogP contribution in [0, 0.1) is 0 Å². The highest BCUT2D eigenvalue weighted by Crippen LogP contribution is 2.11. The number of amides is 4. The fourth-order valence-corrected chi connectivity index (χ4v) is 3.57. The van der Waals surface area contributed by atoms with Crippen molar-refractivity contribution in [3.05, 3.63) is 65.7 Å². The Labute approximate surface area is 224 Å². The summed E-state index contributed by atoms with van der Waals surface area (Å²) in [7, 11) is 0. The van der Waals surface area contributed by atoms with Gasteiger partial charge in [0, 0.05) is 12.2 Å². The largest absolute Gasteiger partial charge is 0.508 e. The van der Waals surface area contributed by atoms with Crippen LogP contribution in [-0.4, -0.2) is 76.8 Å². The van der Waals surface area contributed by atoms with Crippen molar-refractivity contribution in [2.24, 2.45) is 5.73 Å². The van der Waals surface area contributed by atoms with Crippen LogP contribution in [0.25, 0.3) is 0 Å². The third-order valence-electron chi connectivity index (χ3n) is 5.32. The molecule has 0 unspecified atom stereocenters. The maximum atomic E-state index is 13.0. The standard InChI is InChI=1S/C25H31N5O7S/c26-18(10-16-6-8-17(31)9-7-16)23(35)30-20(14-38)25(37)29-19(11-15-4-2-1-3-5-15)24(36)28-12-21(32)27-13-22(33)34/h1-9,18-20,31,38H,10-14,26H2,(H,27,32)(H,28,36)(H,29,37)(H,30,35)(H,33,34)/t18-,19-,20-/m1/s1. The molecule has 0 spiro atoms. The lowest BCUT2D eigenvalue weighted by Gasteiger charge is -2.23. The number of carboxylic acid groups (broad SMARTS) is 1. The van der Waals surface area contributed by atoms with E-state index < -0.39 is 60.8 Å². The van der Waals surface area contributed by atoms with Crippen LogP contribution in [0.5, 0.6) is 5.75 Å². The number of aromatic hydroxyl groups is 1. The van der Waals surface area contributed by atoms with Gasteiger partial charge in [-0.3, -0.25) is 24.0 Å². The van der Waals surface area contributed by atoms with Gasteiger partial charge in [0.15, 0.2) is 0 Å². The number of benzene rings is 2. The van der Waals surface area contributed by atoms with Gasteiger partial charge in [0.05, 0.1) is 12.6 Å². The fraction of sp³-hybridized carbons (Fsp3) is 0.320. The summed E-state index contributed by atoms with van der Waals surface area (Å²) in [5.74, 6) is -3.92. The van der Waals surface area contributed by atoms with E-state index >= 15 is 0 Å². The molecular formula is C25H31N5O7S. The van der Waals surface area contributed by atoms with Gasteiger partial charge in [-0.25, -0.2) is 0 Å². The molecule has 8 N–H and O–H groups in total. The third-order valence-corrected chi connectivity index (χ3v) is 5.69. The zero-order chi connectivity index (χ0) is 28.1. The van der Waals surface area contributed by atoms with Gasteiger partial charge in [-0.15, -0.1) is 0 Å². The van der Waals surface area contributed by atoms with E-state index in [4.69, 9.17) is 10.8 Å². The molecular weight excluding hydrogens is 514 g/mol. The first kappa shape index (κ1) is 30.1. The van der Waals surface area contributed by atoms with Crippen molar-refractivity contribution in [1.29, 1.82) is 0 Å². The molecule has 12 nitrogen and oxygen atoms in total. The SMILES string of the molecule is N[C@H](Cc1ccc(O)cc1)C(=O)N[C@H](CS)C(=O)N[C@H](Cc1ccccc1)C(=O)NCC(=O)NCC(=O)O. The average molecular weight is 546 g/mol. The van der Waals surface area contributed by atoms with Gasteiger partial charge in [0.1, 0.15) is 24.4 Å². The summed E-state index contributed by atoms with van der Waals surface area (Å²) >= 11 is 4.14. The fourth-order valence-electron chi connectivity index (χ4n) is 3.31. The monoisotopic (exact) mass is 545 g/mol. The molecule has 0 bridgehead atoms. The summed E-state index contributed by atoms with van der Waals surface area (Å²) in [4.78, 5) is 60.8. The molecule has 2 aromatic carbocycles. The molecule has 0 radical (unpaired) electrons. The van der Waals surface area contributed by atoms with Crippen LogP contribution in [0.3, 0.4) is 0 Å². The molecule has 13 heteroatoms. The molecule has 0 aliphatic heterocycles. The predicted molar refractivity (Wildman–Crippen MR) is 141 cm³/mol. The maximum absolute atomic E-state index is 13.0. The van der Waals surface area contributed by atoms with Gasteiger partial charge in [-0.2, -0.15) is 12.6 Å². The lowest BCUT2D eigenvalue weighted by atomic mass is 10.0. The number of aliphatic carboxylic acids is 1. The number of phenolic OH excluding ortho intramolecular Hbond substituents is 1. The summed E-state index contributed by atoms with van der Waals surface area (Å²) in [5, 5.41) is 27.6. The van der Waals surface area contributed by atoms with Gasteiger partial charge >= 0.3 is 5.97 Å². The minimum Gasteiger partial charge on any atom is -0.508 e. The number of rotatable bonds is 14. The van der Waals surface area contributed by atoms with E-state index in [2.05, 4.69) is 33.9 Å². The van der Waals surface area contributed by atoms with Crippen molar-refractivity contribution < 1.29 is 34.2 Å². The first-order chi connectivity index (χ1) is 18.1. The number of hydrogen-bond donors (Lipinski definition) is 8. The zero-order valence-corrected chi connectivity index (χ0v) is 21.3. The number of thiol groups is 1. The molecule has 204 valence electrons. The average Bonchev–Trinajstić information content (AvgIpc) is 2.90. The summed E-state index contributed by atoms with van der Waals surface area (Å²) in [6, 6.07) is 11.8. The first-order valence-electron chi connectivity index (χ1n) is 11.6. The van der Waals surface area contributed by atoms with E-state index in [1.807, 2.05) is 0 Å². The van der Waals surface area contributed by atoms with Crippen LogP contribution in [0.2, 0.25) is 0 Å². The number of carboxylic acids is 1. The van der Waals surface area contributed by atoms with E-state index in [1.165, 1.54) is 12.1 Å². The Morgan fingerprint density at radius 3 is 1.97 bits per heavy atom. The van der Waals surface area contributed by atoms with Crippen molar-refractivity contribution in [3.63, 3.8) is 0 Å². The van der Waals surface area contributed by atoms with Crippen LogP contribution in [0.1, 0.15) is 11.1 Å². The molecule has 0 saturated carbocycles. The molecule has 0 saturated heterocycles. The van der Waals surface area contributed by atoms with E-state index in [1.54, 1.807) is 42.5 Å². The van der Waals surface area contributed by atoms with E-state index in [-0.39, 0.29) is 24.3 Å². The van der Waals surface area contributed by atoms with Gasteiger partial charge in [-0.05, 0) is 29.7 Å². The molecule has 0 heterocycles. The quantitative estimate of drug-likeness (QED) is 0.134. The van der Waals surface area contributed by atoms with Crippen molar-refractivity contribution in [3.8, 4) is 5.75 Å². The van der Waals surface area contributed by atoms with Gasteiger partial charge in [0.25, 0.3) is 0 Å². The van der Waals surface area contributed by atoms with Crippen molar-refractivity contribution >= 4 is 42.2 Å². The minimum atomic E-state index is -1.23. The second-order valence-corrected chi connectivity index (χ2v) is 8.73. The number of hydrogen-bond acceptors (Lipinski definition) is 8. The molecule has 2 aromatic rings. The van der Waals surface area contributed by atoms with Crippen LogP contribution < -0.4 is 27.0 Å². The number of nitrogens with two attached hydrogens (primary N) is 1. The summed E-state index contributed by atoms with van der Waals surface area (Å²) in [5.41, 5.74) is 7.42. The highest BCUT2D eigenvalue weighted by Gasteiger charge is 2.28. The Morgan fingerprint density at radius 2 is 1.37 bits per heavy atom. The molecule has 0 aliphatic rings. The molecule has 4 amide bonds. The van der Waals surface area contributed by atoms with Gasteiger partial charge in [0.2, 0.25) is 23.6 Å². The Bertz CT molecular complexity index is 1110. The third kappa shape index (κ3) is 10.5. The van der Waals surface area contributed by atoms with E-state index in [0.717, 1.165) is 5.56 Å². The van der Waals surface area contributed by atoms with Crippen molar-refractivity contribution in [2.75, 3.05) is 18.8 Å². The van der Waals surface area contributed by atoms with Crippen LogP contribution in [-0.2, 0) is 36.8 Å². The Kier molecular flexibility index (Phi) is 12.1. The molecule has 3 atom stereocenters. The number of carbonyl (C=O) groups is 5. The zero-order valence-electron chi connectivity index (χ0n) is 20.4. The van der Waals surface area contributed by atoms with E-state index in [0.29, 0.717) is 5.56 Å². The second-order valence-electron chi connectivity index (χ2n) is 8.36. The Balaban J connectivity index is 2.03. The molecule has 38 heavy (non-hydrogen) atoms. The van der Waals surface area contributed by atoms with Crippen LogP contribution in [0.15, 0.2) is 54.6 Å². The van der Waals surface area contributed by atoms with Gasteiger partial charge in [-0.1, -0.05) is 42.5 Å². The molecule has 0 fully saturated rings. The maximum Gasteiger partial charge on any atom is 0.322 e. The number of nitrogens with one attached hydrogen (secondary N) is 4. The van der Waals surface area contributed by atoms with Crippen LogP contribution >= 0.6 is 12.6 Å². The molecule has 0 aliphatic carbocycles. The summed E-state index contributed by atoms with van der Waals surface area (Å²) in [6.45, 7) is -1.09. The minimum absolute atomic E-state index is 0.0774. The van der Waals surface area contributed by atoms with Gasteiger partial charge < -0.3 is 37.2 Å². The predicted octanol–water partition coefficient (Wildman–Crippen LogP) is -1.28. The molecule has 0 aromatic heterocycles. The van der Waals surface area contributed by atoms with Crippen LogP contribution in [0.4, 0.5) is 0 Å². The highest BCUT2D eigenvalue weighted by atomic mass is 32.1. The second kappa shape index (κ2) is 15.2. The summed E-state index contributed by atoms with van der Waals surface area (Å²) < 4.78 is 0. The molecule has 2 rings (SSSR count). The van der Waals surface area contributed by atoms with Crippen molar-refractivity contribution in [1.82, 2.24) is 21.3 Å². The Hall–Kier alpha value is -4.10. The topological polar surface area (TPSA) is 200 Å². The van der Waals surface area contributed by atoms with E-state index in [9.17, 15) is 29.1 Å². The number of carbonyl (C=O) groups excluding carboxylic acids is 4. The lowest BCUT2D eigenvalue weighted by molar-refractivity contribution is -0.138. The smallest absolute Gasteiger partial charge is 0.322 e. The normalized spacial score (nSPS) is 12.9. The first-order valence-corrected chi connectivity index (χ1v) is 12.3. The number of phenols is 1. The highest BCUT2D eigenvalue weighted by molar-refractivity contribution is 7.80. The lowest BCUT2D eigenvalue weighted by Crippen LogP contribution is -2.57. The summed E-state index contributed by atoms with van der Waals surface area (Å²) in [6.07, 6.45) is 0.249.